The topological polar surface area (TPSA) is 86.7 Å². The minimum absolute atomic E-state index is 0.0743. The number of alkyl halides is 1. The van der Waals surface area contributed by atoms with E-state index in [0.29, 0.717) is 29.4 Å². The molecule has 0 spiro atoms. The highest BCUT2D eigenvalue weighted by Gasteiger charge is 2.40. The first-order chi connectivity index (χ1) is 19.5. The summed E-state index contributed by atoms with van der Waals surface area (Å²) in [4.78, 5) is 0.251. The summed E-state index contributed by atoms with van der Waals surface area (Å²) in [6.07, 6.45) is 3.72. The maximum atomic E-state index is 13.6. The molecule has 228 valence electrons. The van der Waals surface area contributed by atoms with Crippen molar-refractivity contribution >= 4 is 31.3 Å². The molecular weight excluding hydrogens is 592 g/mol. The normalized spacial score (nSPS) is 21.7. The Labute approximate surface area is 256 Å². The first-order valence-electron chi connectivity index (χ1n) is 14.4. The molecule has 1 unspecified atom stereocenters. The molecule has 3 aromatic rings. The number of hydrogen-bond donors (Lipinski definition) is 0. The van der Waals surface area contributed by atoms with Crippen LogP contribution in [0.4, 0.5) is 0 Å². The van der Waals surface area contributed by atoms with Crippen molar-refractivity contribution in [2.45, 2.75) is 104 Å². The molecule has 4 aliphatic heterocycles. The Hall–Kier alpha value is -2.55. The van der Waals surface area contributed by atoms with Crippen LogP contribution in [0.5, 0.6) is 23.0 Å². The summed E-state index contributed by atoms with van der Waals surface area (Å²) in [5.74, 6) is 2.11. The van der Waals surface area contributed by atoms with Crippen LogP contribution in [0, 0.1) is 0 Å². The van der Waals surface area contributed by atoms with Gasteiger partial charge in [0.25, 0.3) is 0 Å². The fraction of sp³-hybridized carbons (Fsp3) is 0.455. The smallest absolute Gasteiger partial charge is 0.197 e. The number of sulfone groups is 2. The van der Waals surface area contributed by atoms with Crippen molar-refractivity contribution in [3.63, 3.8) is 0 Å². The largest absolute Gasteiger partial charge is 0.457 e. The van der Waals surface area contributed by atoms with Crippen LogP contribution in [-0.4, -0.2) is 25.8 Å². The molecule has 0 N–H and O–H groups in total. The van der Waals surface area contributed by atoms with E-state index < -0.39 is 28.6 Å². The first kappa shape index (κ1) is 32.4. The fourth-order valence-corrected chi connectivity index (χ4v) is 8.61. The van der Waals surface area contributed by atoms with Gasteiger partial charge in [0.15, 0.2) is 19.7 Å². The lowest BCUT2D eigenvalue weighted by atomic mass is 9.79. The van der Waals surface area contributed by atoms with Crippen LogP contribution >= 0.6 is 11.6 Å². The zero-order valence-corrected chi connectivity index (χ0v) is 27.6. The van der Waals surface area contributed by atoms with Gasteiger partial charge in [-0.05, 0) is 106 Å². The van der Waals surface area contributed by atoms with Gasteiger partial charge < -0.3 is 9.47 Å². The lowest BCUT2D eigenvalue weighted by molar-refractivity contribution is 0.412. The van der Waals surface area contributed by atoms with Crippen LogP contribution < -0.4 is 9.47 Å². The van der Waals surface area contributed by atoms with Crippen LogP contribution in [-0.2, 0) is 25.1 Å². The molecule has 4 heterocycles. The Morgan fingerprint density at radius 3 is 1.86 bits per heavy atom. The third-order valence-electron chi connectivity index (χ3n) is 8.26. The van der Waals surface area contributed by atoms with Gasteiger partial charge >= 0.3 is 0 Å². The average molecular weight is 633 g/mol. The molecule has 4 aliphatic rings. The monoisotopic (exact) mass is 632 g/mol. The minimum Gasteiger partial charge on any atom is -0.457 e. The number of hydrogen-bond acceptors (Lipinski definition) is 6. The van der Waals surface area contributed by atoms with Crippen molar-refractivity contribution in [3.8, 4) is 23.0 Å². The molecule has 0 saturated heterocycles. The number of halogens is 1. The SMILES string of the molecule is CCCCC(C)(C)c1ccc2cc1Oc1ccc(cc1)S(=O)(=O)C(C)(C)CCCC(C)(Cl)S(=O)(=O)c1ccc(cc1)O2. The number of rotatable bonds is 4. The van der Waals surface area contributed by atoms with E-state index in [4.69, 9.17) is 21.1 Å². The summed E-state index contributed by atoms with van der Waals surface area (Å²) < 4.78 is 63.9. The van der Waals surface area contributed by atoms with Crippen LogP contribution in [0.15, 0.2) is 76.5 Å². The molecule has 0 amide bonds. The van der Waals surface area contributed by atoms with E-state index in [1.807, 2.05) is 18.2 Å². The second-order valence-corrected chi connectivity index (χ2v) is 18.5. The second kappa shape index (κ2) is 11.9. The summed E-state index contributed by atoms with van der Waals surface area (Å²) in [5.41, 5.74) is 0.820. The van der Waals surface area contributed by atoms with Gasteiger partial charge in [-0.25, -0.2) is 16.8 Å². The Balaban J connectivity index is 1.84. The van der Waals surface area contributed by atoms with E-state index in [-0.39, 0.29) is 28.0 Å². The zero-order chi connectivity index (χ0) is 31.0. The van der Waals surface area contributed by atoms with Gasteiger partial charge in [-0.1, -0.05) is 39.7 Å². The molecule has 42 heavy (non-hydrogen) atoms. The molecule has 9 heteroatoms. The molecule has 7 rings (SSSR count). The van der Waals surface area contributed by atoms with E-state index >= 15 is 0 Å². The number of ether oxygens (including phenoxy) is 2. The van der Waals surface area contributed by atoms with Crippen molar-refractivity contribution in [3.05, 3.63) is 72.3 Å². The molecule has 3 aromatic carbocycles. The molecule has 6 bridgehead atoms. The number of benzene rings is 3. The molecule has 0 saturated carbocycles. The third kappa shape index (κ3) is 6.51. The average Bonchev–Trinajstić information content (AvgIpc) is 2.92. The lowest BCUT2D eigenvalue weighted by Crippen LogP contribution is -2.34. The minimum atomic E-state index is -3.92. The van der Waals surface area contributed by atoms with Gasteiger partial charge in [0.2, 0.25) is 0 Å². The molecule has 0 aliphatic carbocycles. The Morgan fingerprint density at radius 2 is 1.29 bits per heavy atom. The second-order valence-electron chi connectivity index (χ2n) is 12.5. The van der Waals surface area contributed by atoms with Crippen LogP contribution in [0.3, 0.4) is 0 Å². The van der Waals surface area contributed by atoms with E-state index in [1.54, 1.807) is 50.2 Å². The Kier molecular flexibility index (Phi) is 9.13. The van der Waals surface area contributed by atoms with Crippen molar-refractivity contribution in [2.24, 2.45) is 0 Å². The number of unbranched alkanes of at least 4 members (excludes halogenated alkanes) is 1. The maximum absolute atomic E-state index is 13.6. The van der Waals surface area contributed by atoms with Crippen molar-refractivity contribution in [2.75, 3.05) is 0 Å². The lowest BCUT2D eigenvalue weighted by Gasteiger charge is -2.28. The van der Waals surface area contributed by atoms with Gasteiger partial charge in [-0.2, -0.15) is 0 Å². The van der Waals surface area contributed by atoms with Gasteiger partial charge in [0, 0.05) is 11.6 Å². The van der Waals surface area contributed by atoms with Crippen molar-refractivity contribution in [1.29, 1.82) is 0 Å². The summed E-state index contributed by atoms with van der Waals surface area (Å²) >= 11 is 6.62. The summed E-state index contributed by atoms with van der Waals surface area (Å²) in [6, 6.07) is 18.3. The first-order valence-corrected chi connectivity index (χ1v) is 17.7. The van der Waals surface area contributed by atoms with Gasteiger partial charge in [0.1, 0.15) is 27.2 Å². The van der Waals surface area contributed by atoms with E-state index in [1.165, 1.54) is 19.1 Å². The van der Waals surface area contributed by atoms with Crippen LogP contribution in [0.2, 0.25) is 0 Å². The standard InChI is InChI=1S/C33H41ClO6S2/c1-7-8-20-31(2,3)29-19-14-26-23-30(29)40-25-12-15-27(16-13-25)41(35,36)32(4,5)21-9-22-33(6,34)42(37,38)28-17-10-24(39-26)11-18-28/h10-19,23H,7-9,20-22H2,1-6H3. The predicted octanol–water partition coefficient (Wildman–Crippen LogP) is 9.20. The zero-order valence-electron chi connectivity index (χ0n) is 25.2. The third-order valence-corrected chi connectivity index (χ3v) is 13.8. The predicted molar refractivity (Wildman–Crippen MR) is 169 cm³/mol. The van der Waals surface area contributed by atoms with Crippen LogP contribution in [0.25, 0.3) is 0 Å². The highest BCUT2D eigenvalue weighted by Crippen LogP contribution is 2.42. The van der Waals surface area contributed by atoms with Gasteiger partial charge in [-0.15, -0.1) is 11.6 Å². The van der Waals surface area contributed by atoms with Gasteiger partial charge in [-0.3, -0.25) is 0 Å². The van der Waals surface area contributed by atoms with Crippen molar-refractivity contribution < 1.29 is 26.3 Å². The molecule has 0 radical (unpaired) electrons. The summed E-state index contributed by atoms with van der Waals surface area (Å²) in [6.45, 7) is 11.3. The van der Waals surface area contributed by atoms with E-state index in [9.17, 15) is 16.8 Å². The molecule has 0 aromatic heterocycles. The van der Waals surface area contributed by atoms with E-state index in [0.717, 1.165) is 24.8 Å². The molecule has 6 nitrogen and oxygen atoms in total. The maximum Gasteiger partial charge on any atom is 0.197 e. The Morgan fingerprint density at radius 1 is 0.762 bits per heavy atom. The Bertz CT molecular complexity index is 1620. The molecular formula is C33H41ClO6S2. The van der Waals surface area contributed by atoms with Crippen LogP contribution in [0.1, 0.15) is 85.6 Å². The van der Waals surface area contributed by atoms with E-state index in [2.05, 4.69) is 20.8 Å². The molecule has 0 fully saturated rings. The quantitative estimate of drug-likeness (QED) is 0.267. The summed E-state index contributed by atoms with van der Waals surface area (Å²) in [7, 11) is -7.66. The van der Waals surface area contributed by atoms with Crippen molar-refractivity contribution in [1.82, 2.24) is 0 Å². The highest BCUT2D eigenvalue weighted by molar-refractivity contribution is 7.94. The molecule has 1 atom stereocenters. The highest BCUT2D eigenvalue weighted by atomic mass is 35.5. The fourth-order valence-electron chi connectivity index (χ4n) is 5.26. The van der Waals surface area contributed by atoms with Gasteiger partial charge in [0.05, 0.1) is 14.5 Å². The summed E-state index contributed by atoms with van der Waals surface area (Å²) in [5, 5.41) is 0.